The minimum atomic E-state index is 0.00406. The quantitative estimate of drug-likeness (QED) is 0.738. The van der Waals surface area contributed by atoms with Gasteiger partial charge in [0.2, 0.25) is 5.89 Å². The van der Waals surface area contributed by atoms with Crippen LogP contribution in [0.2, 0.25) is 0 Å². The van der Waals surface area contributed by atoms with Crippen LogP contribution < -0.4 is 0 Å². The van der Waals surface area contributed by atoms with E-state index < -0.39 is 0 Å². The molecule has 24 heavy (non-hydrogen) atoms. The highest BCUT2D eigenvalue weighted by molar-refractivity contribution is 5.95. The number of aromatic nitrogens is 4. The number of rotatable bonds is 3. The van der Waals surface area contributed by atoms with Gasteiger partial charge in [0.15, 0.2) is 5.82 Å². The maximum absolute atomic E-state index is 12.8. The third-order valence-corrected chi connectivity index (χ3v) is 4.82. The van der Waals surface area contributed by atoms with Gasteiger partial charge >= 0.3 is 0 Å². The van der Waals surface area contributed by atoms with Gasteiger partial charge < -0.3 is 9.42 Å². The average molecular weight is 323 g/mol. The molecule has 1 saturated heterocycles. The smallest absolute Gasteiger partial charge is 0.272 e. The lowest BCUT2D eigenvalue weighted by atomic mass is 9.99. The van der Waals surface area contributed by atoms with E-state index >= 15 is 0 Å². The molecule has 4 heterocycles. The summed E-state index contributed by atoms with van der Waals surface area (Å²) in [7, 11) is 0. The van der Waals surface area contributed by atoms with Crippen molar-refractivity contribution in [3.05, 3.63) is 47.5 Å². The van der Waals surface area contributed by atoms with Crippen LogP contribution in [0.5, 0.6) is 0 Å². The second-order valence-corrected chi connectivity index (χ2v) is 6.65. The van der Waals surface area contributed by atoms with Gasteiger partial charge in [-0.1, -0.05) is 11.2 Å². The van der Waals surface area contributed by atoms with Crippen molar-refractivity contribution in [2.75, 3.05) is 13.1 Å². The maximum Gasteiger partial charge on any atom is 0.272 e. The average Bonchev–Trinajstić information content (AvgIpc) is 3.17. The Morgan fingerprint density at radius 1 is 1.21 bits per heavy atom. The number of nitrogens with zero attached hydrogens (tertiary/aromatic N) is 5. The number of carbonyl (C=O) groups excluding carboxylic acids is 1. The van der Waals surface area contributed by atoms with Gasteiger partial charge in [0.25, 0.3) is 5.91 Å². The third kappa shape index (κ3) is 2.04. The Morgan fingerprint density at radius 3 is 2.83 bits per heavy atom. The van der Waals surface area contributed by atoms with Gasteiger partial charge in [-0.15, -0.1) is 0 Å². The van der Waals surface area contributed by atoms with Gasteiger partial charge in [0.05, 0.1) is 11.6 Å². The van der Waals surface area contributed by atoms with E-state index in [1.165, 1.54) is 0 Å². The highest BCUT2D eigenvalue weighted by Crippen LogP contribution is 2.39. The van der Waals surface area contributed by atoms with Crippen LogP contribution in [0.4, 0.5) is 0 Å². The van der Waals surface area contributed by atoms with E-state index in [4.69, 9.17) is 4.52 Å². The molecule has 1 amide bonds. The molecule has 7 nitrogen and oxygen atoms in total. The molecular weight excluding hydrogens is 306 g/mol. The number of fused-ring (bicyclic) bond motifs is 1. The Balaban J connectivity index is 1.34. The zero-order valence-corrected chi connectivity index (χ0v) is 13.3. The molecule has 2 aliphatic rings. The molecule has 122 valence electrons. The lowest BCUT2D eigenvalue weighted by Crippen LogP contribution is -2.49. The SMILES string of the molecule is Cc1nc2ccccn2c1C(=O)N1CC(c2nc(C3CC3)no2)C1. The van der Waals surface area contributed by atoms with E-state index in [0.717, 1.165) is 30.0 Å². The van der Waals surface area contributed by atoms with Crippen molar-refractivity contribution in [2.24, 2.45) is 0 Å². The first-order valence-electron chi connectivity index (χ1n) is 8.27. The van der Waals surface area contributed by atoms with E-state index in [2.05, 4.69) is 15.1 Å². The molecule has 0 aromatic carbocycles. The van der Waals surface area contributed by atoms with Crippen molar-refractivity contribution in [3.8, 4) is 0 Å². The Bertz CT molecular complexity index is 934. The van der Waals surface area contributed by atoms with Crippen LogP contribution in [0, 0.1) is 6.92 Å². The molecule has 0 atom stereocenters. The lowest BCUT2D eigenvalue weighted by Gasteiger charge is -2.37. The molecule has 0 bridgehead atoms. The van der Waals surface area contributed by atoms with Crippen molar-refractivity contribution < 1.29 is 9.32 Å². The minimum Gasteiger partial charge on any atom is -0.339 e. The van der Waals surface area contributed by atoms with Crippen molar-refractivity contribution in [1.82, 2.24) is 24.4 Å². The van der Waals surface area contributed by atoms with Crippen LogP contribution in [-0.2, 0) is 0 Å². The normalized spacial score (nSPS) is 18.1. The Morgan fingerprint density at radius 2 is 2.04 bits per heavy atom. The molecule has 1 saturated carbocycles. The van der Waals surface area contributed by atoms with Crippen molar-refractivity contribution in [1.29, 1.82) is 0 Å². The molecule has 2 fully saturated rings. The van der Waals surface area contributed by atoms with Gasteiger partial charge in [-0.05, 0) is 31.9 Å². The van der Waals surface area contributed by atoms with E-state index in [-0.39, 0.29) is 11.8 Å². The van der Waals surface area contributed by atoms with Crippen molar-refractivity contribution in [2.45, 2.75) is 31.6 Å². The predicted octanol–water partition coefficient (Wildman–Crippen LogP) is 2.14. The topological polar surface area (TPSA) is 76.5 Å². The van der Waals surface area contributed by atoms with Crippen LogP contribution in [0.1, 0.15) is 52.6 Å². The summed E-state index contributed by atoms with van der Waals surface area (Å²) in [6, 6.07) is 5.73. The fourth-order valence-electron chi connectivity index (χ4n) is 3.24. The number of imidazole rings is 1. The molecule has 3 aromatic rings. The van der Waals surface area contributed by atoms with E-state index in [0.29, 0.717) is 30.6 Å². The molecule has 0 N–H and O–H groups in total. The molecule has 3 aromatic heterocycles. The summed E-state index contributed by atoms with van der Waals surface area (Å²) in [6.07, 6.45) is 4.18. The van der Waals surface area contributed by atoms with Crippen LogP contribution in [0.15, 0.2) is 28.9 Å². The summed E-state index contributed by atoms with van der Waals surface area (Å²) < 4.78 is 7.22. The monoisotopic (exact) mass is 323 g/mol. The third-order valence-electron chi connectivity index (χ3n) is 4.82. The predicted molar refractivity (Wildman–Crippen MR) is 84.8 cm³/mol. The maximum atomic E-state index is 12.8. The fraction of sp³-hybridized carbons (Fsp3) is 0.412. The Kier molecular flexibility index (Phi) is 2.80. The van der Waals surface area contributed by atoms with Crippen LogP contribution in [0.3, 0.4) is 0 Å². The second kappa shape index (κ2) is 4.90. The zero-order chi connectivity index (χ0) is 16.3. The lowest BCUT2D eigenvalue weighted by molar-refractivity contribution is 0.0561. The highest BCUT2D eigenvalue weighted by atomic mass is 16.5. The number of pyridine rings is 1. The number of aryl methyl sites for hydroxylation is 1. The highest BCUT2D eigenvalue weighted by Gasteiger charge is 2.38. The summed E-state index contributed by atoms with van der Waals surface area (Å²) in [5, 5.41) is 4.05. The van der Waals surface area contributed by atoms with Gasteiger partial charge in [0.1, 0.15) is 11.3 Å². The molecule has 0 spiro atoms. The van der Waals surface area contributed by atoms with E-state index in [1.807, 2.05) is 40.6 Å². The number of carbonyl (C=O) groups is 1. The number of amides is 1. The largest absolute Gasteiger partial charge is 0.339 e. The molecule has 0 unspecified atom stereocenters. The fourth-order valence-corrected chi connectivity index (χ4v) is 3.24. The Labute approximate surface area is 138 Å². The minimum absolute atomic E-state index is 0.00406. The van der Waals surface area contributed by atoms with E-state index in [1.54, 1.807) is 0 Å². The standard InChI is InChI=1S/C17H17N5O2/c1-10-14(22-7-3-2-4-13(22)18-10)17(23)21-8-12(9-21)16-19-15(20-24-16)11-5-6-11/h2-4,7,11-12H,5-6,8-9H2,1H3. The first kappa shape index (κ1) is 13.7. The molecule has 1 aliphatic heterocycles. The number of likely N-dealkylation sites (tertiary alicyclic amines) is 1. The molecular formula is C17H17N5O2. The van der Waals surface area contributed by atoms with E-state index in [9.17, 15) is 4.79 Å². The van der Waals surface area contributed by atoms with Crippen molar-refractivity contribution in [3.63, 3.8) is 0 Å². The zero-order valence-electron chi connectivity index (χ0n) is 13.3. The van der Waals surface area contributed by atoms with Gasteiger partial charge in [-0.2, -0.15) is 4.98 Å². The van der Waals surface area contributed by atoms with Crippen LogP contribution in [-0.4, -0.2) is 43.4 Å². The van der Waals surface area contributed by atoms with Gasteiger partial charge in [-0.3, -0.25) is 9.20 Å². The van der Waals surface area contributed by atoms with Crippen LogP contribution >= 0.6 is 0 Å². The first-order chi connectivity index (χ1) is 11.7. The van der Waals surface area contributed by atoms with Gasteiger partial charge in [0, 0.05) is 25.2 Å². The second-order valence-electron chi connectivity index (χ2n) is 6.65. The molecule has 7 heteroatoms. The summed E-state index contributed by atoms with van der Waals surface area (Å²) in [4.78, 5) is 23.6. The van der Waals surface area contributed by atoms with Crippen LogP contribution in [0.25, 0.3) is 5.65 Å². The molecule has 1 aliphatic carbocycles. The summed E-state index contributed by atoms with van der Waals surface area (Å²) >= 11 is 0. The first-order valence-corrected chi connectivity index (χ1v) is 8.27. The summed E-state index contributed by atoms with van der Waals surface area (Å²) in [5.41, 5.74) is 2.18. The van der Waals surface area contributed by atoms with Crippen molar-refractivity contribution >= 4 is 11.6 Å². The number of hydrogen-bond acceptors (Lipinski definition) is 5. The number of hydrogen-bond donors (Lipinski definition) is 0. The van der Waals surface area contributed by atoms with Gasteiger partial charge in [-0.25, -0.2) is 4.98 Å². The molecule has 5 rings (SSSR count). The summed E-state index contributed by atoms with van der Waals surface area (Å²) in [5.74, 6) is 2.13. The molecule has 0 radical (unpaired) electrons. The Hall–Kier alpha value is -2.70. The summed E-state index contributed by atoms with van der Waals surface area (Å²) in [6.45, 7) is 3.10.